The van der Waals surface area contributed by atoms with E-state index in [-0.39, 0.29) is 17.8 Å². The predicted octanol–water partition coefficient (Wildman–Crippen LogP) is 1.25. The van der Waals surface area contributed by atoms with Gasteiger partial charge < -0.3 is 10.8 Å². The van der Waals surface area contributed by atoms with Crippen molar-refractivity contribution < 1.29 is 9.50 Å². The Morgan fingerprint density at radius 1 is 1.43 bits per heavy atom. The van der Waals surface area contributed by atoms with Gasteiger partial charge in [-0.15, -0.1) is 0 Å². The highest BCUT2D eigenvalue weighted by Crippen LogP contribution is 2.58. The standard InChI is InChI=1S/C11H14FNO/c12-9-3-1-8(2-4-9)10-5-11(10,6-13)7-14/h1-4,10,14H,5-7,13H2/t10-,11+/m1/s1. The lowest BCUT2D eigenvalue weighted by atomic mass is 10.0. The molecule has 1 aliphatic carbocycles. The lowest BCUT2D eigenvalue weighted by molar-refractivity contribution is 0.211. The smallest absolute Gasteiger partial charge is 0.123 e. The third-order valence-electron chi connectivity index (χ3n) is 3.18. The van der Waals surface area contributed by atoms with E-state index >= 15 is 0 Å². The maximum atomic E-state index is 12.7. The molecule has 0 bridgehead atoms. The lowest BCUT2D eigenvalue weighted by Gasteiger charge is -2.10. The number of hydrogen-bond acceptors (Lipinski definition) is 2. The fraction of sp³-hybridized carbons (Fsp3) is 0.455. The second-order valence-electron chi connectivity index (χ2n) is 4.03. The molecule has 0 aliphatic heterocycles. The summed E-state index contributed by atoms with van der Waals surface area (Å²) in [7, 11) is 0. The summed E-state index contributed by atoms with van der Waals surface area (Å²) in [6.45, 7) is 0.608. The van der Waals surface area contributed by atoms with Crippen LogP contribution in [0.1, 0.15) is 17.9 Å². The number of benzene rings is 1. The number of hydrogen-bond donors (Lipinski definition) is 2. The molecule has 1 fully saturated rings. The van der Waals surface area contributed by atoms with Crippen LogP contribution >= 0.6 is 0 Å². The molecule has 1 aromatic carbocycles. The zero-order chi connectivity index (χ0) is 10.2. The van der Waals surface area contributed by atoms with Gasteiger partial charge in [-0.1, -0.05) is 12.1 Å². The van der Waals surface area contributed by atoms with Crippen LogP contribution in [0.4, 0.5) is 4.39 Å². The molecule has 14 heavy (non-hydrogen) atoms. The van der Waals surface area contributed by atoms with Crippen LogP contribution in [-0.2, 0) is 0 Å². The van der Waals surface area contributed by atoms with Crippen molar-refractivity contribution in [3.63, 3.8) is 0 Å². The minimum absolute atomic E-state index is 0.117. The number of rotatable bonds is 3. The maximum absolute atomic E-state index is 12.7. The summed E-state index contributed by atoms with van der Waals surface area (Å²) in [6.07, 6.45) is 0.908. The van der Waals surface area contributed by atoms with Crippen molar-refractivity contribution in [1.82, 2.24) is 0 Å². The van der Waals surface area contributed by atoms with E-state index in [2.05, 4.69) is 0 Å². The summed E-state index contributed by atoms with van der Waals surface area (Å²) >= 11 is 0. The SMILES string of the molecule is NC[C@]1(CO)C[C@@H]1c1ccc(F)cc1. The third kappa shape index (κ3) is 1.42. The molecule has 0 saturated heterocycles. The Labute approximate surface area is 82.5 Å². The minimum Gasteiger partial charge on any atom is -0.396 e. The molecule has 0 radical (unpaired) electrons. The average molecular weight is 195 g/mol. The van der Waals surface area contributed by atoms with E-state index in [1.165, 1.54) is 12.1 Å². The zero-order valence-electron chi connectivity index (χ0n) is 7.91. The predicted molar refractivity (Wildman–Crippen MR) is 52.3 cm³/mol. The first kappa shape index (κ1) is 9.62. The normalized spacial score (nSPS) is 30.4. The van der Waals surface area contributed by atoms with Crippen LogP contribution < -0.4 is 5.73 Å². The molecule has 2 nitrogen and oxygen atoms in total. The van der Waals surface area contributed by atoms with Crippen LogP contribution in [0, 0.1) is 11.2 Å². The van der Waals surface area contributed by atoms with Crippen molar-refractivity contribution in [1.29, 1.82) is 0 Å². The van der Waals surface area contributed by atoms with Crippen LogP contribution in [-0.4, -0.2) is 18.3 Å². The average Bonchev–Trinajstić information content (AvgIpc) is 2.94. The highest BCUT2D eigenvalue weighted by molar-refractivity contribution is 5.30. The first-order valence-electron chi connectivity index (χ1n) is 4.78. The second-order valence-corrected chi connectivity index (χ2v) is 4.03. The number of aliphatic hydroxyl groups is 1. The Bertz CT molecular complexity index is 319. The monoisotopic (exact) mass is 195 g/mol. The van der Waals surface area contributed by atoms with Crippen LogP contribution in [0.25, 0.3) is 0 Å². The molecule has 2 rings (SSSR count). The first-order chi connectivity index (χ1) is 6.72. The van der Waals surface area contributed by atoms with Crippen molar-refractivity contribution in [3.8, 4) is 0 Å². The van der Waals surface area contributed by atoms with Gasteiger partial charge in [0.1, 0.15) is 5.82 Å². The largest absolute Gasteiger partial charge is 0.396 e. The van der Waals surface area contributed by atoms with Crippen molar-refractivity contribution in [2.45, 2.75) is 12.3 Å². The Hall–Kier alpha value is -0.930. The van der Waals surface area contributed by atoms with Gasteiger partial charge in [0, 0.05) is 12.0 Å². The van der Waals surface area contributed by atoms with Crippen molar-refractivity contribution in [2.24, 2.45) is 11.1 Å². The highest BCUT2D eigenvalue weighted by atomic mass is 19.1. The molecule has 3 N–H and O–H groups in total. The van der Waals surface area contributed by atoms with E-state index < -0.39 is 0 Å². The molecule has 0 spiro atoms. The van der Waals surface area contributed by atoms with Gasteiger partial charge in [0.05, 0.1) is 6.61 Å². The topological polar surface area (TPSA) is 46.2 Å². The third-order valence-corrected chi connectivity index (χ3v) is 3.18. The molecule has 1 aromatic rings. The summed E-state index contributed by atoms with van der Waals surface area (Å²) in [6, 6.07) is 6.44. The summed E-state index contributed by atoms with van der Waals surface area (Å²) in [5, 5.41) is 9.19. The molecule has 2 atom stereocenters. The van der Waals surface area contributed by atoms with Gasteiger partial charge in [-0.05, 0) is 30.0 Å². The first-order valence-corrected chi connectivity index (χ1v) is 4.78. The van der Waals surface area contributed by atoms with Crippen LogP contribution in [0.15, 0.2) is 24.3 Å². The van der Waals surface area contributed by atoms with E-state index in [9.17, 15) is 9.50 Å². The molecule has 0 heterocycles. The van der Waals surface area contributed by atoms with Crippen LogP contribution in [0.2, 0.25) is 0 Å². The molecular weight excluding hydrogens is 181 g/mol. The summed E-state index contributed by atoms with van der Waals surface area (Å²) in [5.41, 5.74) is 6.54. The number of halogens is 1. The van der Waals surface area contributed by atoms with Crippen molar-refractivity contribution >= 4 is 0 Å². The molecule has 0 unspecified atom stereocenters. The Balaban J connectivity index is 2.16. The fourth-order valence-electron chi connectivity index (χ4n) is 1.98. The molecular formula is C11H14FNO. The number of aliphatic hydroxyl groups excluding tert-OH is 1. The summed E-state index contributed by atoms with van der Waals surface area (Å²) in [4.78, 5) is 0. The molecule has 1 aliphatic rings. The Morgan fingerprint density at radius 3 is 2.50 bits per heavy atom. The quantitative estimate of drug-likeness (QED) is 0.762. The maximum Gasteiger partial charge on any atom is 0.123 e. The van der Waals surface area contributed by atoms with E-state index in [4.69, 9.17) is 5.73 Å². The van der Waals surface area contributed by atoms with Crippen LogP contribution in [0.5, 0.6) is 0 Å². The second kappa shape index (κ2) is 3.33. The van der Waals surface area contributed by atoms with Crippen molar-refractivity contribution in [3.05, 3.63) is 35.6 Å². The van der Waals surface area contributed by atoms with Gasteiger partial charge in [0.2, 0.25) is 0 Å². The number of nitrogens with two attached hydrogens (primary N) is 1. The van der Waals surface area contributed by atoms with Gasteiger partial charge >= 0.3 is 0 Å². The summed E-state index contributed by atoms with van der Waals surface area (Å²) < 4.78 is 12.7. The van der Waals surface area contributed by atoms with E-state index in [0.717, 1.165) is 12.0 Å². The molecule has 76 valence electrons. The Kier molecular flexibility index (Phi) is 2.29. The molecule has 3 heteroatoms. The Morgan fingerprint density at radius 2 is 2.07 bits per heavy atom. The van der Waals surface area contributed by atoms with Gasteiger partial charge in [0.15, 0.2) is 0 Å². The fourth-order valence-corrected chi connectivity index (χ4v) is 1.98. The van der Waals surface area contributed by atoms with E-state index in [1.807, 2.05) is 0 Å². The minimum atomic E-state index is -0.225. The molecule has 0 amide bonds. The van der Waals surface area contributed by atoms with E-state index in [0.29, 0.717) is 12.5 Å². The molecule has 1 saturated carbocycles. The van der Waals surface area contributed by atoms with Gasteiger partial charge in [-0.25, -0.2) is 4.39 Å². The molecule has 0 aromatic heterocycles. The van der Waals surface area contributed by atoms with E-state index in [1.54, 1.807) is 12.1 Å². The lowest BCUT2D eigenvalue weighted by Crippen LogP contribution is -2.21. The zero-order valence-corrected chi connectivity index (χ0v) is 7.91. The van der Waals surface area contributed by atoms with Gasteiger partial charge in [0.25, 0.3) is 0 Å². The summed E-state index contributed by atoms with van der Waals surface area (Å²) in [5.74, 6) is 0.0786. The highest BCUT2D eigenvalue weighted by Gasteiger charge is 2.53. The van der Waals surface area contributed by atoms with Crippen LogP contribution in [0.3, 0.4) is 0 Å². The van der Waals surface area contributed by atoms with Crippen molar-refractivity contribution in [2.75, 3.05) is 13.2 Å². The van der Waals surface area contributed by atoms with Gasteiger partial charge in [-0.3, -0.25) is 0 Å². The van der Waals surface area contributed by atoms with Gasteiger partial charge in [-0.2, -0.15) is 0 Å².